The maximum Gasteiger partial charge on any atom is 0.102 e. The second-order valence-corrected chi connectivity index (χ2v) is 3.67. The van der Waals surface area contributed by atoms with Gasteiger partial charge < -0.3 is 4.90 Å². The molecule has 0 aliphatic heterocycles. The summed E-state index contributed by atoms with van der Waals surface area (Å²) in [5, 5.41) is 0. The quantitative estimate of drug-likeness (QED) is 0.607. The van der Waals surface area contributed by atoms with E-state index in [1.807, 2.05) is 6.08 Å². The lowest BCUT2D eigenvalue weighted by Crippen LogP contribution is -2.23. The molecule has 0 radical (unpaired) electrons. The van der Waals surface area contributed by atoms with Gasteiger partial charge in [-0.1, -0.05) is 43.1 Å². The van der Waals surface area contributed by atoms with Crippen molar-refractivity contribution in [2.24, 2.45) is 0 Å². The van der Waals surface area contributed by atoms with E-state index in [1.165, 1.54) is 0 Å². The van der Waals surface area contributed by atoms with E-state index in [-0.39, 0.29) is 0 Å². The van der Waals surface area contributed by atoms with Crippen LogP contribution >= 0.6 is 23.2 Å². The Hall–Kier alpha value is 0.280. The summed E-state index contributed by atoms with van der Waals surface area (Å²) < 4.78 is 0.384. The summed E-state index contributed by atoms with van der Waals surface area (Å²) in [5.41, 5.74) is 0. The lowest BCUT2D eigenvalue weighted by molar-refractivity contribution is 0.301. The molecule has 0 aromatic carbocycles. The van der Waals surface area contributed by atoms with Gasteiger partial charge in [0.2, 0.25) is 0 Å². The third-order valence-electron chi connectivity index (χ3n) is 1.87. The maximum absolute atomic E-state index is 5.47. The Labute approximate surface area is 85.3 Å². The Morgan fingerprint density at radius 1 is 1.25 bits per heavy atom. The Bertz CT molecular complexity index is 126. The summed E-state index contributed by atoms with van der Waals surface area (Å²) in [6, 6.07) is 0. The zero-order chi connectivity index (χ0) is 9.40. The summed E-state index contributed by atoms with van der Waals surface area (Å²) in [5.74, 6) is 0. The fourth-order valence-corrected chi connectivity index (χ4v) is 1.28. The van der Waals surface area contributed by atoms with Gasteiger partial charge in [-0.25, -0.2) is 0 Å². The van der Waals surface area contributed by atoms with E-state index in [9.17, 15) is 0 Å². The SMILES string of the molecule is CCN(CC)CCCC=C(Cl)Cl. The van der Waals surface area contributed by atoms with E-state index in [1.54, 1.807) is 0 Å². The Morgan fingerprint density at radius 3 is 2.25 bits per heavy atom. The highest BCUT2D eigenvalue weighted by atomic mass is 35.5. The highest BCUT2D eigenvalue weighted by Gasteiger charge is 1.96. The standard InChI is InChI=1S/C9H17Cl2N/c1-3-12(4-2)8-6-5-7-9(10)11/h7H,3-6,8H2,1-2H3. The Morgan fingerprint density at radius 2 is 1.83 bits per heavy atom. The normalized spacial score (nSPS) is 10.4. The molecule has 1 nitrogen and oxygen atoms in total. The van der Waals surface area contributed by atoms with Crippen molar-refractivity contribution in [3.63, 3.8) is 0 Å². The first-order chi connectivity index (χ1) is 5.70. The van der Waals surface area contributed by atoms with Gasteiger partial charge >= 0.3 is 0 Å². The second-order valence-electron chi connectivity index (χ2n) is 2.66. The number of hydrogen-bond donors (Lipinski definition) is 0. The molecule has 12 heavy (non-hydrogen) atoms. The van der Waals surface area contributed by atoms with E-state index >= 15 is 0 Å². The smallest absolute Gasteiger partial charge is 0.102 e. The first-order valence-corrected chi connectivity index (χ1v) is 5.19. The lowest BCUT2D eigenvalue weighted by Gasteiger charge is -2.16. The maximum atomic E-state index is 5.47. The minimum atomic E-state index is 0.384. The molecule has 0 heterocycles. The van der Waals surface area contributed by atoms with Crippen molar-refractivity contribution in [2.45, 2.75) is 26.7 Å². The van der Waals surface area contributed by atoms with Crippen LogP contribution in [0.2, 0.25) is 0 Å². The van der Waals surface area contributed by atoms with Crippen LogP contribution in [-0.2, 0) is 0 Å². The molecular weight excluding hydrogens is 193 g/mol. The van der Waals surface area contributed by atoms with Crippen molar-refractivity contribution in [3.05, 3.63) is 10.6 Å². The van der Waals surface area contributed by atoms with Crippen molar-refractivity contribution in [1.82, 2.24) is 4.90 Å². The molecule has 0 aliphatic carbocycles. The van der Waals surface area contributed by atoms with E-state index in [0.717, 1.165) is 32.5 Å². The monoisotopic (exact) mass is 209 g/mol. The average Bonchev–Trinajstić information content (AvgIpc) is 2.04. The molecule has 0 rings (SSSR count). The number of allylic oxidation sites excluding steroid dienone is 1. The molecule has 3 heteroatoms. The van der Waals surface area contributed by atoms with E-state index in [0.29, 0.717) is 4.49 Å². The fourth-order valence-electron chi connectivity index (χ4n) is 1.07. The molecule has 0 saturated carbocycles. The topological polar surface area (TPSA) is 3.24 Å². The highest BCUT2D eigenvalue weighted by molar-refractivity contribution is 6.55. The van der Waals surface area contributed by atoms with E-state index in [4.69, 9.17) is 23.2 Å². The third-order valence-corrected chi connectivity index (χ3v) is 2.18. The largest absolute Gasteiger partial charge is 0.304 e. The van der Waals surface area contributed by atoms with Crippen molar-refractivity contribution >= 4 is 23.2 Å². The van der Waals surface area contributed by atoms with Crippen LogP contribution < -0.4 is 0 Å². The molecule has 72 valence electrons. The van der Waals surface area contributed by atoms with Crippen LogP contribution in [-0.4, -0.2) is 24.5 Å². The van der Waals surface area contributed by atoms with Crippen LogP contribution in [0.3, 0.4) is 0 Å². The van der Waals surface area contributed by atoms with Gasteiger partial charge in [-0.05, 0) is 32.5 Å². The number of halogens is 2. The van der Waals surface area contributed by atoms with Crippen molar-refractivity contribution in [2.75, 3.05) is 19.6 Å². The summed E-state index contributed by atoms with van der Waals surface area (Å²) in [6.07, 6.45) is 3.95. The number of hydrogen-bond acceptors (Lipinski definition) is 1. The lowest BCUT2D eigenvalue weighted by atomic mass is 10.3. The first kappa shape index (κ1) is 12.3. The van der Waals surface area contributed by atoms with Gasteiger partial charge in [-0.15, -0.1) is 0 Å². The third kappa shape index (κ3) is 6.96. The molecule has 0 spiro atoms. The van der Waals surface area contributed by atoms with Gasteiger partial charge in [0.25, 0.3) is 0 Å². The minimum absolute atomic E-state index is 0.384. The molecule has 0 amide bonds. The molecule has 0 aromatic heterocycles. The Balaban J connectivity index is 3.35. The van der Waals surface area contributed by atoms with Crippen molar-refractivity contribution in [3.8, 4) is 0 Å². The molecule has 0 atom stereocenters. The van der Waals surface area contributed by atoms with Crippen molar-refractivity contribution < 1.29 is 0 Å². The second kappa shape index (κ2) is 7.90. The predicted molar refractivity (Wildman–Crippen MR) is 56.8 cm³/mol. The van der Waals surface area contributed by atoms with Crippen LogP contribution in [0.25, 0.3) is 0 Å². The molecule has 0 aromatic rings. The van der Waals surface area contributed by atoms with Gasteiger partial charge in [0.15, 0.2) is 0 Å². The van der Waals surface area contributed by atoms with Crippen LogP contribution in [0.15, 0.2) is 10.6 Å². The molecule has 0 aliphatic rings. The minimum Gasteiger partial charge on any atom is -0.304 e. The van der Waals surface area contributed by atoms with E-state index < -0.39 is 0 Å². The number of rotatable bonds is 6. The number of unbranched alkanes of at least 4 members (excludes halogenated alkanes) is 1. The average molecular weight is 210 g/mol. The summed E-state index contributed by atoms with van der Waals surface area (Å²) in [6.45, 7) is 7.72. The van der Waals surface area contributed by atoms with Crippen LogP contribution in [0.1, 0.15) is 26.7 Å². The zero-order valence-electron chi connectivity index (χ0n) is 7.82. The summed E-state index contributed by atoms with van der Waals surface area (Å²) in [7, 11) is 0. The summed E-state index contributed by atoms with van der Waals surface area (Å²) >= 11 is 10.9. The van der Waals surface area contributed by atoms with Crippen LogP contribution in [0, 0.1) is 0 Å². The fraction of sp³-hybridized carbons (Fsp3) is 0.778. The molecule has 0 fully saturated rings. The van der Waals surface area contributed by atoms with Gasteiger partial charge in [0.05, 0.1) is 0 Å². The molecule has 0 saturated heterocycles. The zero-order valence-corrected chi connectivity index (χ0v) is 9.33. The summed E-state index contributed by atoms with van der Waals surface area (Å²) in [4.78, 5) is 2.38. The molecular formula is C9H17Cl2N. The van der Waals surface area contributed by atoms with Gasteiger partial charge in [0.1, 0.15) is 4.49 Å². The van der Waals surface area contributed by atoms with Gasteiger partial charge in [-0.3, -0.25) is 0 Å². The Kier molecular flexibility index (Phi) is 8.09. The molecule has 0 unspecified atom stereocenters. The van der Waals surface area contributed by atoms with Gasteiger partial charge in [-0.2, -0.15) is 0 Å². The molecule has 0 N–H and O–H groups in total. The first-order valence-electron chi connectivity index (χ1n) is 4.44. The van der Waals surface area contributed by atoms with Crippen LogP contribution in [0.5, 0.6) is 0 Å². The van der Waals surface area contributed by atoms with Gasteiger partial charge in [0, 0.05) is 0 Å². The van der Waals surface area contributed by atoms with Crippen LogP contribution in [0.4, 0.5) is 0 Å². The number of nitrogens with zero attached hydrogens (tertiary/aromatic N) is 1. The van der Waals surface area contributed by atoms with E-state index in [2.05, 4.69) is 18.7 Å². The van der Waals surface area contributed by atoms with Crippen molar-refractivity contribution in [1.29, 1.82) is 0 Å². The highest BCUT2D eigenvalue weighted by Crippen LogP contribution is 2.08. The molecule has 0 bridgehead atoms. The predicted octanol–water partition coefficient (Wildman–Crippen LogP) is 3.43.